The van der Waals surface area contributed by atoms with E-state index in [2.05, 4.69) is 20.4 Å². The number of aryl methyl sites for hydroxylation is 1. The summed E-state index contributed by atoms with van der Waals surface area (Å²) in [6.45, 7) is 0.376. The summed E-state index contributed by atoms with van der Waals surface area (Å²) in [5, 5.41) is 7.46. The standard InChI is InChI=1S/C18H16ClN5O2/c1-24-5-2-15(23-24)18(25)22-9-13-7-12-6-11(8-14(19)17(12)26-13)16-10-20-3-4-21-16/h2-6,8,10,13H,7,9H2,1H3,(H,22,25)/t13-/m1/s1. The first-order chi connectivity index (χ1) is 12.6. The van der Waals surface area contributed by atoms with Crippen LogP contribution < -0.4 is 10.1 Å². The van der Waals surface area contributed by atoms with Gasteiger partial charge in [-0.25, -0.2) is 0 Å². The number of nitrogens with one attached hydrogen (secondary N) is 1. The molecule has 1 aliphatic heterocycles. The summed E-state index contributed by atoms with van der Waals surface area (Å²) in [7, 11) is 1.77. The molecule has 0 aliphatic carbocycles. The van der Waals surface area contributed by atoms with Gasteiger partial charge in [-0.05, 0) is 18.2 Å². The van der Waals surface area contributed by atoms with Crippen molar-refractivity contribution in [2.24, 2.45) is 7.05 Å². The Morgan fingerprint density at radius 3 is 3.04 bits per heavy atom. The Balaban J connectivity index is 1.45. The molecule has 0 saturated carbocycles. The zero-order valence-electron chi connectivity index (χ0n) is 14.0. The molecule has 0 unspecified atom stereocenters. The van der Waals surface area contributed by atoms with E-state index in [-0.39, 0.29) is 12.0 Å². The molecule has 132 valence electrons. The predicted octanol–water partition coefficient (Wildman–Crippen LogP) is 2.26. The summed E-state index contributed by atoms with van der Waals surface area (Å²) < 4.78 is 7.50. The quantitative estimate of drug-likeness (QED) is 0.762. The van der Waals surface area contributed by atoms with Gasteiger partial charge >= 0.3 is 0 Å². The summed E-state index contributed by atoms with van der Waals surface area (Å²) in [4.78, 5) is 20.5. The largest absolute Gasteiger partial charge is 0.486 e. The molecule has 1 aromatic carbocycles. The maximum absolute atomic E-state index is 12.1. The van der Waals surface area contributed by atoms with E-state index in [9.17, 15) is 4.79 Å². The smallest absolute Gasteiger partial charge is 0.271 e. The van der Waals surface area contributed by atoms with E-state index in [1.165, 1.54) is 0 Å². The number of hydrogen-bond donors (Lipinski definition) is 1. The zero-order chi connectivity index (χ0) is 18.1. The van der Waals surface area contributed by atoms with Gasteiger partial charge in [0.2, 0.25) is 0 Å². The third-order valence-corrected chi connectivity index (χ3v) is 4.43. The van der Waals surface area contributed by atoms with Gasteiger partial charge in [0, 0.05) is 43.2 Å². The zero-order valence-corrected chi connectivity index (χ0v) is 14.8. The van der Waals surface area contributed by atoms with Crippen molar-refractivity contribution in [2.45, 2.75) is 12.5 Å². The molecule has 26 heavy (non-hydrogen) atoms. The van der Waals surface area contributed by atoms with Crippen molar-refractivity contribution >= 4 is 17.5 Å². The summed E-state index contributed by atoms with van der Waals surface area (Å²) >= 11 is 6.38. The molecule has 1 aliphatic rings. The van der Waals surface area contributed by atoms with E-state index >= 15 is 0 Å². The molecule has 1 amide bonds. The highest BCUT2D eigenvalue weighted by atomic mass is 35.5. The second kappa shape index (κ2) is 6.76. The lowest BCUT2D eigenvalue weighted by Gasteiger charge is -2.11. The van der Waals surface area contributed by atoms with Crippen LogP contribution in [0.25, 0.3) is 11.3 Å². The van der Waals surface area contributed by atoms with Crippen LogP contribution in [-0.4, -0.2) is 38.3 Å². The lowest BCUT2D eigenvalue weighted by atomic mass is 10.0. The second-order valence-corrected chi connectivity index (χ2v) is 6.47. The van der Waals surface area contributed by atoms with Crippen molar-refractivity contribution < 1.29 is 9.53 Å². The van der Waals surface area contributed by atoms with Crippen LogP contribution in [-0.2, 0) is 13.5 Å². The summed E-state index contributed by atoms with van der Waals surface area (Å²) in [6.07, 6.45) is 7.17. The van der Waals surface area contributed by atoms with Crippen molar-refractivity contribution in [3.63, 3.8) is 0 Å². The van der Waals surface area contributed by atoms with Crippen LogP contribution in [0.2, 0.25) is 5.02 Å². The highest BCUT2D eigenvalue weighted by Gasteiger charge is 2.27. The fraction of sp³-hybridized carbons (Fsp3) is 0.222. The number of ether oxygens (including phenoxy) is 1. The minimum absolute atomic E-state index is 0.174. The van der Waals surface area contributed by atoms with E-state index in [1.54, 1.807) is 42.6 Å². The van der Waals surface area contributed by atoms with E-state index in [1.807, 2.05) is 12.1 Å². The number of fused-ring (bicyclic) bond motifs is 1. The van der Waals surface area contributed by atoms with Crippen molar-refractivity contribution in [1.29, 1.82) is 0 Å². The number of hydrogen-bond acceptors (Lipinski definition) is 5. The van der Waals surface area contributed by atoms with Gasteiger partial charge in [-0.2, -0.15) is 5.10 Å². The molecule has 7 nitrogen and oxygen atoms in total. The Kier molecular flexibility index (Phi) is 4.30. The van der Waals surface area contributed by atoms with Gasteiger partial charge < -0.3 is 10.1 Å². The van der Waals surface area contributed by atoms with Crippen molar-refractivity contribution in [3.05, 3.63) is 59.3 Å². The fourth-order valence-corrected chi connectivity index (χ4v) is 3.21. The van der Waals surface area contributed by atoms with Gasteiger partial charge in [0.15, 0.2) is 0 Å². The maximum atomic E-state index is 12.1. The molecule has 3 heterocycles. The molecule has 4 rings (SSSR count). The third kappa shape index (κ3) is 3.25. The van der Waals surface area contributed by atoms with Crippen molar-refractivity contribution in [2.75, 3.05) is 6.54 Å². The molecular weight excluding hydrogens is 354 g/mol. The highest BCUT2D eigenvalue weighted by Crippen LogP contribution is 2.39. The van der Waals surface area contributed by atoms with Gasteiger partial charge in [0.05, 0.1) is 23.5 Å². The summed E-state index contributed by atoms with van der Waals surface area (Å²) in [5.74, 6) is 0.438. The van der Waals surface area contributed by atoms with Crippen LogP contribution in [0, 0.1) is 0 Å². The number of carbonyl (C=O) groups excluding carboxylic acids is 1. The molecule has 2 aromatic heterocycles. The number of benzene rings is 1. The Morgan fingerprint density at radius 1 is 1.42 bits per heavy atom. The van der Waals surface area contributed by atoms with Crippen LogP contribution >= 0.6 is 11.6 Å². The molecule has 8 heteroatoms. The van der Waals surface area contributed by atoms with Gasteiger partial charge in [-0.1, -0.05) is 11.6 Å². The van der Waals surface area contributed by atoms with E-state index in [0.717, 1.165) is 16.8 Å². The summed E-state index contributed by atoms with van der Waals surface area (Å²) in [5.41, 5.74) is 3.02. The Hall–Kier alpha value is -2.93. The van der Waals surface area contributed by atoms with Crippen LogP contribution in [0.4, 0.5) is 0 Å². The second-order valence-electron chi connectivity index (χ2n) is 6.07. The monoisotopic (exact) mass is 369 g/mol. The van der Waals surface area contributed by atoms with Crippen LogP contribution in [0.3, 0.4) is 0 Å². The normalized spacial score (nSPS) is 15.4. The lowest BCUT2D eigenvalue weighted by molar-refractivity contribution is 0.0928. The lowest BCUT2D eigenvalue weighted by Crippen LogP contribution is -2.34. The topological polar surface area (TPSA) is 81.9 Å². The molecule has 1 atom stereocenters. The molecule has 0 spiro atoms. The van der Waals surface area contributed by atoms with E-state index in [0.29, 0.717) is 29.4 Å². The van der Waals surface area contributed by atoms with E-state index < -0.39 is 0 Å². The SMILES string of the molecule is Cn1ccc(C(=O)NC[C@H]2Cc3cc(-c4cnccn4)cc(Cl)c3O2)n1. The number of halogens is 1. The molecule has 3 aromatic rings. The minimum atomic E-state index is -0.225. The van der Waals surface area contributed by atoms with E-state index in [4.69, 9.17) is 16.3 Å². The number of carbonyl (C=O) groups is 1. The first-order valence-electron chi connectivity index (χ1n) is 8.13. The fourth-order valence-electron chi connectivity index (χ4n) is 2.93. The molecule has 0 radical (unpaired) electrons. The van der Waals surface area contributed by atoms with Crippen LogP contribution in [0.1, 0.15) is 16.1 Å². The van der Waals surface area contributed by atoms with Gasteiger partial charge in [-0.3, -0.25) is 19.4 Å². The Bertz CT molecular complexity index is 957. The number of amides is 1. The van der Waals surface area contributed by atoms with Gasteiger partial charge in [0.1, 0.15) is 17.5 Å². The molecule has 0 bridgehead atoms. The molecular formula is C18H16ClN5O2. The average molecular weight is 370 g/mol. The molecule has 0 fully saturated rings. The number of rotatable bonds is 4. The molecule has 1 N–H and O–H groups in total. The van der Waals surface area contributed by atoms with Crippen LogP contribution in [0.15, 0.2) is 43.0 Å². The van der Waals surface area contributed by atoms with Crippen LogP contribution in [0.5, 0.6) is 5.75 Å². The number of nitrogens with zero attached hydrogens (tertiary/aromatic N) is 4. The average Bonchev–Trinajstić information content (AvgIpc) is 3.27. The first kappa shape index (κ1) is 16.5. The van der Waals surface area contributed by atoms with Crippen molar-refractivity contribution in [3.8, 4) is 17.0 Å². The maximum Gasteiger partial charge on any atom is 0.271 e. The van der Waals surface area contributed by atoms with Gasteiger partial charge in [0.25, 0.3) is 5.91 Å². The number of aromatic nitrogens is 4. The van der Waals surface area contributed by atoms with Gasteiger partial charge in [-0.15, -0.1) is 0 Å². The first-order valence-corrected chi connectivity index (χ1v) is 8.51. The minimum Gasteiger partial charge on any atom is -0.486 e. The third-order valence-electron chi connectivity index (χ3n) is 4.15. The molecule has 0 saturated heterocycles. The summed E-state index contributed by atoms with van der Waals surface area (Å²) in [6, 6.07) is 5.49. The predicted molar refractivity (Wildman–Crippen MR) is 96.1 cm³/mol. The Labute approximate surface area is 155 Å². The Morgan fingerprint density at radius 2 is 2.31 bits per heavy atom. The van der Waals surface area contributed by atoms with Crippen molar-refractivity contribution in [1.82, 2.24) is 25.1 Å². The highest BCUT2D eigenvalue weighted by molar-refractivity contribution is 6.32.